The second-order valence-electron chi connectivity index (χ2n) is 7.93. The number of aromatic nitrogens is 1. The first-order valence-corrected chi connectivity index (χ1v) is 10.2. The zero-order valence-electron chi connectivity index (χ0n) is 17.3. The molecule has 2 saturated carbocycles. The molecule has 0 unspecified atom stereocenters. The van der Waals surface area contributed by atoms with Crippen molar-refractivity contribution in [2.24, 2.45) is 9.98 Å². The molecule has 2 fully saturated rings. The summed E-state index contributed by atoms with van der Waals surface area (Å²) in [6, 6.07) is 5.32. The van der Waals surface area contributed by atoms with Gasteiger partial charge in [-0.25, -0.2) is 4.98 Å². The Hall–Kier alpha value is -0.424. The van der Waals surface area contributed by atoms with Crippen LogP contribution in [0.4, 0.5) is 0 Å². The van der Waals surface area contributed by atoms with E-state index in [1.807, 2.05) is 0 Å². The van der Waals surface area contributed by atoms with Crippen LogP contribution in [0.5, 0.6) is 0 Å². The zero-order valence-corrected chi connectivity index (χ0v) is 19.9. The molecule has 0 aliphatic heterocycles. The van der Waals surface area contributed by atoms with E-state index in [1.54, 1.807) is 0 Å². The van der Waals surface area contributed by atoms with Crippen molar-refractivity contribution >= 4 is 11.4 Å². The molecule has 1 aromatic heterocycles. The molecule has 0 bridgehead atoms. The van der Waals surface area contributed by atoms with Gasteiger partial charge in [0.2, 0.25) is 0 Å². The molecule has 1 radical (unpaired) electrons. The standard InChI is InChI=1S/C22H33N3.2ClH.Co/c1-16-14-21(17(2)23-19-10-6-4-7-11-19)25-22(15-16)18(3)24-20-12-8-5-9-13-20;;;/h14-15,19-20H,4-13H2,1-3H3;2*1H;/q;;;+2/p-2. The molecule has 1 aromatic rings. The molecular weight excluding hydrogens is 436 g/mol. The van der Waals surface area contributed by atoms with E-state index in [0.29, 0.717) is 12.1 Å². The van der Waals surface area contributed by atoms with E-state index in [-0.39, 0.29) is 41.6 Å². The number of aliphatic imine (C=N–C) groups is 2. The molecule has 3 rings (SSSR count). The SMILES string of the molecule is CC(=NC1CCCCC1)c1cc(C)cc(C(C)=NC2CCCCC2)n1.[Cl-].[Cl-].[Co+2]. The van der Waals surface area contributed by atoms with E-state index >= 15 is 0 Å². The average molecular weight is 469 g/mol. The van der Waals surface area contributed by atoms with Gasteiger partial charge in [0.25, 0.3) is 0 Å². The molecule has 1 heterocycles. The van der Waals surface area contributed by atoms with Crippen LogP contribution in [0.15, 0.2) is 22.1 Å². The predicted molar refractivity (Wildman–Crippen MR) is 107 cm³/mol. The number of rotatable bonds is 4. The maximum absolute atomic E-state index is 4.98. The summed E-state index contributed by atoms with van der Waals surface area (Å²) in [6.07, 6.45) is 13.0. The summed E-state index contributed by atoms with van der Waals surface area (Å²) >= 11 is 0. The molecule has 0 spiro atoms. The summed E-state index contributed by atoms with van der Waals surface area (Å²) in [5.41, 5.74) is 5.47. The molecule has 0 N–H and O–H groups in total. The Balaban J connectivity index is 0.00000243. The first kappa shape index (κ1) is 27.6. The Labute approximate surface area is 193 Å². The quantitative estimate of drug-likeness (QED) is 0.558. The Bertz CT molecular complexity index is 597. The van der Waals surface area contributed by atoms with Gasteiger partial charge in [-0.1, -0.05) is 38.5 Å². The molecule has 0 saturated heterocycles. The third-order valence-electron chi connectivity index (χ3n) is 5.61. The van der Waals surface area contributed by atoms with Crippen molar-refractivity contribution in [3.8, 4) is 0 Å². The molecule has 0 atom stereocenters. The second kappa shape index (κ2) is 13.7. The fraction of sp³-hybridized carbons (Fsp3) is 0.682. The number of aryl methyl sites for hydroxylation is 1. The minimum absolute atomic E-state index is 0. The maximum atomic E-state index is 4.98. The predicted octanol–water partition coefficient (Wildman–Crippen LogP) is -0.321. The third kappa shape index (κ3) is 8.14. The van der Waals surface area contributed by atoms with Crippen LogP contribution in [0.3, 0.4) is 0 Å². The largest absolute Gasteiger partial charge is 2.00 e. The summed E-state index contributed by atoms with van der Waals surface area (Å²) in [4.78, 5) is 14.9. The molecule has 28 heavy (non-hydrogen) atoms. The maximum Gasteiger partial charge on any atom is 2.00 e. The summed E-state index contributed by atoms with van der Waals surface area (Å²) in [6.45, 7) is 6.39. The molecule has 0 amide bonds. The zero-order chi connectivity index (χ0) is 17.6. The number of pyridine rings is 1. The second-order valence-corrected chi connectivity index (χ2v) is 7.93. The van der Waals surface area contributed by atoms with Gasteiger partial charge in [-0.2, -0.15) is 0 Å². The Morgan fingerprint density at radius 3 is 1.46 bits per heavy atom. The van der Waals surface area contributed by atoms with Gasteiger partial charge < -0.3 is 24.8 Å². The van der Waals surface area contributed by atoms with Crippen molar-refractivity contribution in [2.75, 3.05) is 0 Å². The van der Waals surface area contributed by atoms with Crippen molar-refractivity contribution in [1.82, 2.24) is 4.98 Å². The van der Waals surface area contributed by atoms with Gasteiger partial charge >= 0.3 is 16.8 Å². The summed E-state index contributed by atoms with van der Waals surface area (Å²) < 4.78 is 0. The number of nitrogens with zero attached hydrogens (tertiary/aromatic N) is 3. The Morgan fingerprint density at radius 2 is 1.11 bits per heavy atom. The van der Waals surface area contributed by atoms with Crippen LogP contribution in [0.2, 0.25) is 0 Å². The normalized spacial score (nSPS) is 19.2. The molecule has 159 valence electrons. The third-order valence-corrected chi connectivity index (χ3v) is 5.61. The molecule has 2 aliphatic carbocycles. The van der Waals surface area contributed by atoms with Gasteiger partial charge in [0.05, 0.1) is 34.9 Å². The van der Waals surface area contributed by atoms with Crippen LogP contribution in [-0.4, -0.2) is 28.5 Å². The molecule has 3 nitrogen and oxygen atoms in total. The molecule has 2 aliphatic rings. The topological polar surface area (TPSA) is 37.6 Å². The van der Waals surface area contributed by atoms with Gasteiger partial charge in [-0.3, -0.25) is 9.98 Å². The molecule has 0 aromatic carbocycles. The molecular formula is C22H33Cl2CoN3. The number of hydrogen-bond donors (Lipinski definition) is 0. The van der Waals surface area contributed by atoms with Crippen molar-refractivity contribution in [3.05, 3.63) is 29.1 Å². The molecule has 6 heteroatoms. The smallest absolute Gasteiger partial charge is 1.00 e. The van der Waals surface area contributed by atoms with E-state index < -0.39 is 0 Å². The van der Waals surface area contributed by atoms with Crippen LogP contribution in [0, 0.1) is 6.92 Å². The first-order chi connectivity index (χ1) is 12.1. The van der Waals surface area contributed by atoms with Crippen molar-refractivity contribution in [3.63, 3.8) is 0 Å². The summed E-state index contributed by atoms with van der Waals surface area (Å²) in [7, 11) is 0. The fourth-order valence-electron chi connectivity index (χ4n) is 4.14. The van der Waals surface area contributed by atoms with Crippen molar-refractivity contribution < 1.29 is 41.6 Å². The van der Waals surface area contributed by atoms with E-state index in [4.69, 9.17) is 15.0 Å². The van der Waals surface area contributed by atoms with E-state index in [0.717, 1.165) is 22.8 Å². The van der Waals surface area contributed by atoms with Crippen LogP contribution >= 0.6 is 0 Å². The summed E-state index contributed by atoms with van der Waals surface area (Å²) in [5.74, 6) is 0. The minimum Gasteiger partial charge on any atom is -1.00 e. The average Bonchev–Trinajstić information content (AvgIpc) is 2.63. The van der Waals surface area contributed by atoms with Crippen LogP contribution in [0.25, 0.3) is 0 Å². The number of halogens is 2. The van der Waals surface area contributed by atoms with Crippen LogP contribution in [-0.2, 0) is 16.8 Å². The van der Waals surface area contributed by atoms with E-state index in [1.165, 1.54) is 69.8 Å². The van der Waals surface area contributed by atoms with Gasteiger partial charge in [0.15, 0.2) is 0 Å². The van der Waals surface area contributed by atoms with Gasteiger partial charge in [0.1, 0.15) is 0 Å². The minimum atomic E-state index is 0. The fourth-order valence-corrected chi connectivity index (χ4v) is 4.14. The Morgan fingerprint density at radius 1 is 0.750 bits per heavy atom. The van der Waals surface area contributed by atoms with Crippen molar-refractivity contribution in [2.45, 2.75) is 97.1 Å². The Kier molecular flexibility index (Phi) is 13.5. The van der Waals surface area contributed by atoms with Gasteiger partial charge in [-0.15, -0.1) is 0 Å². The number of hydrogen-bond acceptors (Lipinski definition) is 3. The van der Waals surface area contributed by atoms with Gasteiger partial charge in [-0.05, 0) is 64.2 Å². The van der Waals surface area contributed by atoms with Gasteiger partial charge in [0, 0.05) is 0 Å². The van der Waals surface area contributed by atoms with E-state index in [9.17, 15) is 0 Å². The first-order valence-electron chi connectivity index (χ1n) is 10.2. The summed E-state index contributed by atoms with van der Waals surface area (Å²) in [5, 5.41) is 0. The monoisotopic (exact) mass is 468 g/mol. The van der Waals surface area contributed by atoms with E-state index in [2.05, 4.69) is 32.9 Å². The van der Waals surface area contributed by atoms with Crippen molar-refractivity contribution in [1.29, 1.82) is 0 Å². The van der Waals surface area contributed by atoms with Crippen LogP contribution < -0.4 is 24.8 Å². The van der Waals surface area contributed by atoms with Crippen LogP contribution in [0.1, 0.15) is 95.0 Å².